The van der Waals surface area contributed by atoms with Crippen LogP contribution in [0.25, 0.3) is 0 Å². The van der Waals surface area contributed by atoms with Gasteiger partial charge in [0.15, 0.2) is 0 Å². The van der Waals surface area contributed by atoms with Gasteiger partial charge >= 0.3 is 0 Å². The van der Waals surface area contributed by atoms with Crippen LogP contribution in [0.4, 0.5) is 0 Å². The van der Waals surface area contributed by atoms with Crippen molar-refractivity contribution < 1.29 is 0 Å². The molecule has 2 unspecified atom stereocenters. The van der Waals surface area contributed by atoms with Crippen molar-refractivity contribution in [3.05, 3.63) is 0 Å². The molecule has 70 valence electrons. The molecule has 0 bridgehead atoms. The van der Waals surface area contributed by atoms with E-state index in [1.54, 1.807) is 0 Å². The number of hydrogen-bond acceptors (Lipinski definition) is 1. The van der Waals surface area contributed by atoms with Gasteiger partial charge in [0, 0.05) is 5.33 Å². The first-order valence-electron chi connectivity index (χ1n) is 4.76. The predicted octanol–water partition coefficient (Wildman–Crippen LogP) is 3.55. The first-order valence-corrected chi connectivity index (χ1v) is 7.04. The zero-order valence-corrected chi connectivity index (χ0v) is 10.3. The normalized spacial score (nSPS) is 44.8. The molecule has 2 aliphatic rings. The van der Waals surface area contributed by atoms with Crippen LogP contribution in [0, 0.1) is 16.7 Å². The highest BCUT2D eigenvalue weighted by Crippen LogP contribution is 2.68. The van der Waals surface area contributed by atoms with Crippen LogP contribution in [0.2, 0.25) is 0 Å². The molecule has 1 aliphatic heterocycles. The Morgan fingerprint density at radius 3 is 2.75 bits per heavy atom. The van der Waals surface area contributed by atoms with E-state index in [1.165, 1.54) is 29.7 Å². The fraction of sp³-hybridized carbons (Fsp3) is 1.00. The van der Waals surface area contributed by atoms with Crippen LogP contribution in [0.15, 0.2) is 0 Å². The van der Waals surface area contributed by atoms with Gasteiger partial charge in [-0.3, -0.25) is 0 Å². The molecule has 1 heterocycles. The van der Waals surface area contributed by atoms with Crippen molar-refractivity contribution in [3.63, 3.8) is 0 Å². The summed E-state index contributed by atoms with van der Waals surface area (Å²) in [5.74, 6) is 3.76. The third-order valence-corrected chi connectivity index (χ3v) is 5.99. The van der Waals surface area contributed by atoms with Crippen LogP contribution in [-0.4, -0.2) is 16.8 Å². The highest BCUT2D eigenvalue weighted by molar-refractivity contribution is 9.09. The van der Waals surface area contributed by atoms with Crippen LogP contribution in [0.3, 0.4) is 0 Å². The molecule has 1 aliphatic carbocycles. The monoisotopic (exact) mass is 248 g/mol. The summed E-state index contributed by atoms with van der Waals surface area (Å²) < 4.78 is 0. The Bertz CT molecular complexity index is 190. The molecule has 1 saturated carbocycles. The number of halogens is 1. The Kier molecular flexibility index (Phi) is 2.28. The Hall–Kier alpha value is 0.830. The predicted molar refractivity (Wildman–Crippen MR) is 60.1 cm³/mol. The molecule has 0 aromatic carbocycles. The van der Waals surface area contributed by atoms with Gasteiger partial charge in [0.1, 0.15) is 0 Å². The van der Waals surface area contributed by atoms with Gasteiger partial charge in [-0.2, -0.15) is 11.8 Å². The number of hydrogen-bond donors (Lipinski definition) is 0. The van der Waals surface area contributed by atoms with Gasteiger partial charge in [-0.15, -0.1) is 0 Å². The summed E-state index contributed by atoms with van der Waals surface area (Å²) in [7, 11) is 0. The third kappa shape index (κ3) is 1.18. The maximum absolute atomic E-state index is 3.63. The molecule has 2 fully saturated rings. The second-order valence-electron chi connectivity index (χ2n) is 4.90. The van der Waals surface area contributed by atoms with Crippen LogP contribution in [-0.2, 0) is 0 Å². The summed E-state index contributed by atoms with van der Waals surface area (Å²) in [5.41, 5.74) is 1.32. The maximum atomic E-state index is 3.63. The average Bonchev–Trinajstić information content (AvgIpc) is 2.72. The quantitative estimate of drug-likeness (QED) is 0.640. The largest absolute Gasteiger partial charge is 0.161 e. The lowest BCUT2D eigenvalue weighted by Gasteiger charge is -2.40. The van der Waals surface area contributed by atoms with E-state index in [2.05, 4.69) is 41.5 Å². The van der Waals surface area contributed by atoms with Crippen LogP contribution in [0.5, 0.6) is 0 Å². The second kappa shape index (κ2) is 2.91. The maximum Gasteiger partial charge on any atom is 0.00656 e. The molecule has 0 amide bonds. The van der Waals surface area contributed by atoms with Crippen LogP contribution in [0.1, 0.15) is 26.7 Å². The van der Waals surface area contributed by atoms with Gasteiger partial charge in [0.05, 0.1) is 0 Å². The van der Waals surface area contributed by atoms with Gasteiger partial charge in [-0.05, 0) is 41.1 Å². The first kappa shape index (κ1) is 9.39. The molecule has 0 N–H and O–H groups in total. The fourth-order valence-electron chi connectivity index (χ4n) is 2.61. The van der Waals surface area contributed by atoms with Gasteiger partial charge in [-0.25, -0.2) is 0 Å². The first-order chi connectivity index (χ1) is 5.62. The summed E-state index contributed by atoms with van der Waals surface area (Å²) in [5, 5.41) is 1.22. The Morgan fingerprint density at radius 2 is 2.25 bits per heavy atom. The zero-order chi connectivity index (χ0) is 8.82. The SMILES string of the molecule is CC1(C)CCSCC12CC2CBr. The minimum absolute atomic E-state index is 0.608. The molecule has 0 aromatic rings. The van der Waals surface area contributed by atoms with Crippen molar-refractivity contribution in [3.8, 4) is 0 Å². The molecule has 1 saturated heterocycles. The van der Waals surface area contributed by atoms with E-state index in [0.717, 1.165) is 5.92 Å². The van der Waals surface area contributed by atoms with E-state index in [-0.39, 0.29) is 0 Å². The zero-order valence-electron chi connectivity index (χ0n) is 7.90. The van der Waals surface area contributed by atoms with Crippen LogP contribution >= 0.6 is 27.7 Å². The average molecular weight is 249 g/mol. The Balaban J connectivity index is 2.13. The van der Waals surface area contributed by atoms with Crippen molar-refractivity contribution in [2.24, 2.45) is 16.7 Å². The lowest BCUT2D eigenvalue weighted by molar-refractivity contribution is 0.182. The molecule has 2 atom stereocenters. The number of rotatable bonds is 1. The minimum atomic E-state index is 0.608. The van der Waals surface area contributed by atoms with E-state index in [1.807, 2.05) is 0 Å². The van der Waals surface area contributed by atoms with E-state index in [4.69, 9.17) is 0 Å². The standard InChI is InChI=1S/C10H17BrS/c1-9(2)3-4-12-7-10(9)5-8(10)6-11/h8H,3-7H2,1-2H3. The summed E-state index contributed by atoms with van der Waals surface area (Å²) >= 11 is 5.79. The van der Waals surface area contributed by atoms with E-state index in [0.29, 0.717) is 10.8 Å². The summed E-state index contributed by atoms with van der Waals surface area (Å²) in [6, 6.07) is 0. The van der Waals surface area contributed by atoms with Gasteiger partial charge < -0.3 is 0 Å². The van der Waals surface area contributed by atoms with Gasteiger partial charge in [0.25, 0.3) is 0 Å². The van der Waals surface area contributed by atoms with Crippen molar-refractivity contribution in [2.75, 3.05) is 16.8 Å². The lowest BCUT2D eigenvalue weighted by Crippen LogP contribution is -2.34. The summed E-state index contributed by atoms with van der Waals surface area (Å²) in [6.45, 7) is 4.94. The molecule has 2 heteroatoms. The number of alkyl halides is 1. The van der Waals surface area contributed by atoms with Gasteiger partial charge in [0.2, 0.25) is 0 Å². The second-order valence-corrected chi connectivity index (χ2v) is 6.65. The molecule has 1 spiro atoms. The molecular formula is C10H17BrS. The number of thioether (sulfide) groups is 1. The highest BCUT2D eigenvalue weighted by atomic mass is 79.9. The molecule has 2 rings (SSSR count). The Morgan fingerprint density at radius 1 is 1.50 bits per heavy atom. The minimum Gasteiger partial charge on any atom is -0.161 e. The summed E-state index contributed by atoms with van der Waals surface area (Å²) in [4.78, 5) is 0. The van der Waals surface area contributed by atoms with Crippen LogP contribution < -0.4 is 0 Å². The van der Waals surface area contributed by atoms with Crippen molar-refractivity contribution >= 4 is 27.7 Å². The Labute approximate surface area is 88.0 Å². The fourth-order valence-corrected chi connectivity index (χ4v) is 5.37. The summed E-state index contributed by atoms with van der Waals surface area (Å²) in [6.07, 6.45) is 2.89. The molecule has 12 heavy (non-hydrogen) atoms. The van der Waals surface area contributed by atoms with E-state index in [9.17, 15) is 0 Å². The van der Waals surface area contributed by atoms with E-state index >= 15 is 0 Å². The molecule has 0 nitrogen and oxygen atoms in total. The third-order valence-electron chi connectivity index (χ3n) is 4.00. The topological polar surface area (TPSA) is 0 Å². The van der Waals surface area contributed by atoms with Crippen molar-refractivity contribution in [1.29, 1.82) is 0 Å². The smallest absolute Gasteiger partial charge is 0.00656 e. The highest BCUT2D eigenvalue weighted by Gasteiger charge is 2.62. The van der Waals surface area contributed by atoms with Crippen molar-refractivity contribution in [1.82, 2.24) is 0 Å². The molecular weight excluding hydrogens is 232 g/mol. The molecule has 0 radical (unpaired) electrons. The lowest BCUT2D eigenvalue weighted by atomic mass is 9.73. The van der Waals surface area contributed by atoms with Gasteiger partial charge in [-0.1, -0.05) is 29.8 Å². The molecule has 0 aromatic heterocycles. The van der Waals surface area contributed by atoms with Crippen molar-refractivity contribution in [2.45, 2.75) is 26.7 Å². The van der Waals surface area contributed by atoms with E-state index < -0.39 is 0 Å².